The summed E-state index contributed by atoms with van der Waals surface area (Å²) in [4.78, 5) is 12.6. The van der Waals surface area contributed by atoms with Gasteiger partial charge in [0, 0.05) is 12.5 Å². The van der Waals surface area contributed by atoms with Gasteiger partial charge in [-0.3, -0.25) is 0 Å². The van der Waals surface area contributed by atoms with Crippen LogP contribution in [0.5, 0.6) is 0 Å². The van der Waals surface area contributed by atoms with E-state index in [1.807, 2.05) is 65.2 Å². The Balaban J connectivity index is 1.29. The Kier molecular flexibility index (Phi) is 6.02. The number of hydrogen-bond acceptors (Lipinski definition) is 6. The van der Waals surface area contributed by atoms with Crippen molar-refractivity contribution >= 4 is 17.0 Å². The fraction of sp³-hybridized carbons (Fsp3) is 0.320. The maximum atomic E-state index is 15.4. The Labute approximate surface area is 191 Å². The van der Waals surface area contributed by atoms with Gasteiger partial charge in [0.2, 0.25) is 0 Å². The van der Waals surface area contributed by atoms with Crippen LogP contribution in [-0.4, -0.2) is 38.9 Å². The van der Waals surface area contributed by atoms with Crippen LogP contribution in [0.15, 0.2) is 73.3 Å². The van der Waals surface area contributed by atoms with Gasteiger partial charge in [-0.15, -0.1) is 0 Å². The summed E-state index contributed by atoms with van der Waals surface area (Å²) in [6.07, 6.45) is 1.98. The van der Waals surface area contributed by atoms with Crippen LogP contribution in [-0.2, 0) is 29.2 Å². The van der Waals surface area contributed by atoms with E-state index < -0.39 is 11.6 Å². The van der Waals surface area contributed by atoms with E-state index in [0.717, 1.165) is 11.1 Å². The molecule has 2 aromatic carbocycles. The molecule has 0 spiro atoms. The number of hydrogen-bond donors (Lipinski definition) is 1. The summed E-state index contributed by atoms with van der Waals surface area (Å²) in [5, 5.41) is 0. The summed E-state index contributed by atoms with van der Waals surface area (Å²) in [7, 11) is 0. The minimum absolute atomic E-state index is 0.270. The molecule has 0 aliphatic heterocycles. The highest BCUT2D eigenvalue weighted by atomic mass is 19.1. The van der Waals surface area contributed by atoms with E-state index in [9.17, 15) is 0 Å². The molecule has 0 radical (unpaired) electrons. The van der Waals surface area contributed by atoms with Gasteiger partial charge in [0.15, 0.2) is 11.5 Å². The molecule has 2 N–H and O–H groups in total. The number of aromatic nitrogens is 4. The molecule has 1 unspecified atom stereocenters. The molecule has 0 bridgehead atoms. The first-order valence-electron chi connectivity index (χ1n) is 11.0. The Morgan fingerprint density at radius 3 is 2.09 bits per heavy atom. The molecule has 2 heterocycles. The number of rotatable bonds is 10. The van der Waals surface area contributed by atoms with E-state index in [4.69, 9.17) is 15.2 Å². The maximum absolute atomic E-state index is 15.4. The average Bonchev–Trinajstić information content (AvgIpc) is 3.16. The lowest BCUT2D eigenvalue weighted by molar-refractivity contribution is 0.00000223. The van der Waals surface area contributed by atoms with Crippen molar-refractivity contribution < 1.29 is 13.9 Å². The highest BCUT2D eigenvalue weighted by Gasteiger charge is 2.66. The standard InChI is InChI=1S/C25H26FN5O2/c26-22-20(11-31-17-30-21-23(27)28-16-29-24(21)31)25(22,14-32-12-18-7-3-1-4-8-18)15-33-13-19-9-5-2-6-10-19/h1-10,16-17,20,22H,11-15H2,(H2,27,28,29)/t20?,22-/m1/s1. The topological polar surface area (TPSA) is 88.1 Å². The largest absolute Gasteiger partial charge is 0.382 e. The van der Waals surface area contributed by atoms with Crippen LogP contribution >= 0.6 is 0 Å². The van der Waals surface area contributed by atoms with Gasteiger partial charge >= 0.3 is 0 Å². The number of benzene rings is 2. The number of ether oxygens (including phenoxy) is 2. The van der Waals surface area contributed by atoms with Gasteiger partial charge in [-0.1, -0.05) is 60.7 Å². The minimum Gasteiger partial charge on any atom is -0.382 e. The second kappa shape index (κ2) is 9.25. The van der Waals surface area contributed by atoms with Gasteiger partial charge < -0.3 is 19.8 Å². The monoisotopic (exact) mass is 447 g/mol. The first-order valence-corrected chi connectivity index (χ1v) is 11.0. The zero-order valence-electron chi connectivity index (χ0n) is 18.2. The fourth-order valence-electron chi connectivity index (χ4n) is 4.32. The molecule has 2 atom stereocenters. The number of anilines is 1. The lowest BCUT2D eigenvalue weighted by Gasteiger charge is -2.18. The molecule has 1 aliphatic carbocycles. The lowest BCUT2D eigenvalue weighted by Crippen LogP contribution is -2.23. The van der Waals surface area contributed by atoms with Crippen LogP contribution in [0.3, 0.4) is 0 Å². The molecule has 7 nitrogen and oxygen atoms in total. The van der Waals surface area contributed by atoms with E-state index >= 15 is 4.39 Å². The second-order valence-electron chi connectivity index (χ2n) is 8.53. The number of nitrogens with zero attached hydrogens (tertiary/aromatic N) is 4. The molecule has 2 aromatic heterocycles. The van der Waals surface area contributed by atoms with Gasteiger partial charge in [-0.05, 0) is 11.1 Å². The smallest absolute Gasteiger partial charge is 0.165 e. The van der Waals surface area contributed by atoms with Crippen molar-refractivity contribution in [1.82, 2.24) is 19.5 Å². The van der Waals surface area contributed by atoms with Gasteiger partial charge in [-0.2, -0.15) is 0 Å². The molecule has 0 amide bonds. The third kappa shape index (κ3) is 4.44. The van der Waals surface area contributed by atoms with Gasteiger partial charge in [0.05, 0.1) is 38.2 Å². The molecule has 1 saturated carbocycles. The van der Waals surface area contributed by atoms with Gasteiger partial charge in [0.1, 0.15) is 18.0 Å². The van der Waals surface area contributed by atoms with E-state index in [1.165, 1.54) is 6.33 Å². The summed E-state index contributed by atoms with van der Waals surface area (Å²) in [6, 6.07) is 19.8. The van der Waals surface area contributed by atoms with Crippen LogP contribution in [0.25, 0.3) is 11.2 Å². The van der Waals surface area contributed by atoms with Crippen molar-refractivity contribution in [1.29, 1.82) is 0 Å². The van der Waals surface area contributed by atoms with E-state index in [0.29, 0.717) is 36.7 Å². The summed E-state index contributed by atoms with van der Waals surface area (Å²) < 4.78 is 29.2. The quantitative estimate of drug-likeness (QED) is 0.398. The molecular weight excluding hydrogens is 421 g/mol. The number of nitrogens with two attached hydrogens (primary N) is 1. The summed E-state index contributed by atoms with van der Waals surface area (Å²) in [6.45, 7) is 1.81. The summed E-state index contributed by atoms with van der Waals surface area (Å²) in [5.41, 5.74) is 8.41. The van der Waals surface area contributed by atoms with E-state index in [2.05, 4.69) is 15.0 Å². The zero-order chi connectivity index (χ0) is 22.7. The Morgan fingerprint density at radius 1 is 0.879 bits per heavy atom. The molecule has 0 saturated heterocycles. The SMILES string of the molecule is Nc1ncnc2c1ncn2CC1[C@@H](F)C1(COCc1ccccc1)COCc1ccccc1. The van der Waals surface area contributed by atoms with Crippen molar-refractivity contribution in [3.63, 3.8) is 0 Å². The number of imidazole rings is 1. The molecule has 1 fully saturated rings. The van der Waals surface area contributed by atoms with Gasteiger partial charge in [-0.25, -0.2) is 19.3 Å². The van der Waals surface area contributed by atoms with Crippen LogP contribution < -0.4 is 5.73 Å². The van der Waals surface area contributed by atoms with Crippen LogP contribution in [0.1, 0.15) is 11.1 Å². The number of fused-ring (bicyclic) bond motifs is 1. The normalized spacial score (nSPS) is 19.1. The van der Waals surface area contributed by atoms with Crippen molar-refractivity contribution in [3.8, 4) is 0 Å². The maximum Gasteiger partial charge on any atom is 0.165 e. The third-order valence-electron chi connectivity index (χ3n) is 6.32. The first-order chi connectivity index (χ1) is 16.2. The molecular formula is C25H26FN5O2. The number of halogens is 1. The lowest BCUT2D eigenvalue weighted by atomic mass is 10.1. The predicted molar refractivity (Wildman–Crippen MR) is 123 cm³/mol. The number of alkyl halides is 1. The van der Waals surface area contributed by atoms with Crippen LogP contribution in [0.2, 0.25) is 0 Å². The Bertz CT molecular complexity index is 1160. The molecule has 170 valence electrons. The molecule has 5 rings (SSSR count). The average molecular weight is 448 g/mol. The van der Waals surface area contributed by atoms with Crippen LogP contribution in [0.4, 0.5) is 10.2 Å². The minimum atomic E-state index is -1.05. The van der Waals surface area contributed by atoms with Gasteiger partial charge in [0.25, 0.3) is 0 Å². The third-order valence-corrected chi connectivity index (χ3v) is 6.32. The Morgan fingerprint density at radius 2 is 1.48 bits per heavy atom. The molecule has 33 heavy (non-hydrogen) atoms. The summed E-state index contributed by atoms with van der Waals surface area (Å²) in [5.74, 6) is 0.0348. The number of nitrogen functional groups attached to an aromatic ring is 1. The molecule has 1 aliphatic rings. The first kappa shape index (κ1) is 21.5. The van der Waals surface area contributed by atoms with E-state index in [1.54, 1.807) is 6.33 Å². The van der Waals surface area contributed by atoms with Crippen LogP contribution in [0, 0.1) is 11.3 Å². The zero-order valence-corrected chi connectivity index (χ0v) is 18.2. The highest BCUT2D eigenvalue weighted by Crippen LogP contribution is 2.56. The highest BCUT2D eigenvalue weighted by molar-refractivity contribution is 5.81. The van der Waals surface area contributed by atoms with Crippen molar-refractivity contribution in [2.45, 2.75) is 25.9 Å². The van der Waals surface area contributed by atoms with Crippen molar-refractivity contribution in [2.75, 3.05) is 18.9 Å². The Hall–Kier alpha value is -3.36. The van der Waals surface area contributed by atoms with Crippen molar-refractivity contribution in [3.05, 3.63) is 84.4 Å². The van der Waals surface area contributed by atoms with E-state index in [-0.39, 0.29) is 19.1 Å². The molecule has 4 aromatic rings. The predicted octanol–water partition coefficient (Wildman–Crippen LogP) is 3.80. The molecule has 8 heteroatoms. The fourth-order valence-corrected chi connectivity index (χ4v) is 4.32. The summed E-state index contributed by atoms with van der Waals surface area (Å²) >= 11 is 0. The second-order valence-corrected chi connectivity index (χ2v) is 8.53. The van der Waals surface area contributed by atoms with Crippen molar-refractivity contribution in [2.24, 2.45) is 11.3 Å².